The van der Waals surface area contributed by atoms with Gasteiger partial charge < -0.3 is 4.74 Å². The van der Waals surface area contributed by atoms with Crippen molar-refractivity contribution in [1.82, 2.24) is 4.98 Å². The number of carbonyl (C=O) groups excluding carboxylic acids is 1. The molecule has 18 heavy (non-hydrogen) atoms. The first-order chi connectivity index (χ1) is 8.56. The van der Waals surface area contributed by atoms with E-state index >= 15 is 0 Å². The van der Waals surface area contributed by atoms with Gasteiger partial charge in [0.25, 0.3) is 5.69 Å². The number of aromatic nitrogens is 1. The molecule has 6 nitrogen and oxygen atoms in total. The van der Waals surface area contributed by atoms with Crippen LogP contribution in [0.15, 0.2) is 24.4 Å². The maximum Gasteiger partial charge on any atom is 0.357 e. The Kier molecular flexibility index (Phi) is 3.12. The number of fused-ring (bicyclic) bond motifs is 1. The van der Waals surface area contributed by atoms with Crippen LogP contribution >= 0.6 is 11.6 Å². The van der Waals surface area contributed by atoms with E-state index in [9.17, 15) is 14.9 Å². The zero-order chi connectivity index (χ0) is 13.3. The molecule has 0 unspecified atom stereocenters. The van der Waals surface area contributed by atoms with Crippen LogP contribution in [0.2, 0.25) is 5.02 Å². The first kappa shape index (κ1) is 12.3. The van der Waals surface area contributed by atoms with Crippen molar-refractivity contribution in [1.29, 1.82) is 0 Å². The molecule has 0 amide bonds. The highest BCUT2D eigenvalue weighted by atomic mass is 35.5. The van der Waals surface area contributed by atoms with Gasteiger partial charge in [0.2, 0.25) is 0 Å². The Morgan fingerprint density at radius 2 is 2.17 bits per heavy atom. The number of nitro benzene ring substituents is 1. The molecule has 92 valence electrons. The molecule has 1 aromatic heterocycles. The van der Waals surface area contributed by atoms with Crippen LogP contribution < -0.4 is 0 Å². The summed E-state index contributed by atoms with van der Waals surface area (Å²) in [5.41, 5.74) is -0.175. The van der Waals surface area contributed by atoms with Crippen LogP contribution in [0.25, 0.3) is 10.8 Å². The first-order valence-electron chi connectivity index (χ1n) is 4.86. The van der Waals surface area contributed by atoms with Gasteiger partial charge in [-0.2, -0.15) is 0 Å². The van der Waals surface area contributed by atoms with Gasteiger partial charge in [-0.05, 0) is 12.1 Å². The zero-order valence-electron chi connectivity index (χ0n) is 9.21. The minimum atomic E-state index is -0.692. The van der Waals surface area contributed by atoms with Crippen molar-refractivity contribution < 1.29 is 14.5 Å². The lowest BCUT2D eigenvalue weighted by Gasteiger charge is -2.05. The summed E-state index contributed by atoms with van der Waals surface area (Å²) >= 11 is 5.97. The number of esters is 1. The van der Waals surface area contributed by atoms with Crippen LogP contribution in [0.3, 0.4) is 0 Å². The van der Waals surface area contributed by atoms with Gasteiger partial charge in [-0.25, -0.2) is 9.78 Å². The van der Waals surface area contributed by atoms with E-state index in [1.165, 1.54) is 31.5 Å². The predicted octanol–water partition coefficient (Wildman–Crippen LogP) is 2.58. The smallest absolute Gasteiger partial charge is 0.357 e. The largest absolute Gasteiger partial charge is 0.464 e. The Balaban J connectivity index is 2.88. The Bertz CT molecular complexity index is 657. The molecule has 2 aromatic rings. The molecule has 0 bridgehead atoms. The number of carbonyl (C=O) groups is 1. The van der Waals surface area contributed by atoms with Crippen molar-refractivity contribution in [3.63, 3.8) is 0 Å². The average Bonchev–Trinajstić information content (AvgIpc) is 2.37. The van der Waals surface area contributed by atoms with Crippen molar-refractivity contribution in [2.45, 2.75) is 0 Å². The summed E-state index contributed by atoms with van der Waals surface area (Å²) in [5.74, 6) is -0.692. The number of halogens is 1. The molecule has 1 aromatic carbocycles. The second-order valence-corrected chi connectivity index (χ2v) is 3.80. The van der Waals surface area contributed by atoms with E-state index in [1.54, 1.807) is 0 Å². The lowest BCUT2D eigenvalue weighted by atomic mass is 10.1. The van der Waals surface area contributed by atoms with Gasteiger partial charge in [0.15, 0.2) is 5.69 Å². The molecule has 0 saturated heterocycles. The third-order valence-electron chi connectivity index (χ3n) is 2.43. The van der Waals surface area contributed by atoms with Gasteiger partial charge in [0, 0.05) is 17.6 Å². The molecule has 0 N–H and O–H groups in total. The number of pyridine rings is 1. The number of methoxy groups -OCH3 is 1. The van der Waals surface area contributed by atoms with E-state index in [-0.39, 0.29) is 27.2 Å². The number of benzene rings is 1. The number of non-ortho nitro benzene ring substituents is 1. The van der Waals surface area contributed by atoms with Gasteiger partial charge in [-0.15, -0.1) is 0 Å². The van der Waals surface area contributed by atoms with Gasteiger partial charge in [-0.1, -0.05) is 11.6 Å². The van der Waals surface area contributed by atoms with Gasteiger partial charge in [-0.3, -0.25) is 10.1 Å². The minimum absolute atomic E-state index is 0.0382. The normalized spacial score (nSPS) is 10.3. The van der Waals surface area contributed by atoms with Crippen molar-refractivity contribution in [2.24, 2.45) is 0 Å². The lowest BCUT2D eigenvalue weighted by Crippen LogP contribution is -2.05. The van der Waals surface area contributed by atoms with E-state index in [4.69, 9.17) is 11.6 Å². The maximum atomic E-state index is 11.5. The lowest BCUT2D eigenvalue weighted by molar-refractivity contribution is -0.383. The number of ether oxygens (including phenoxy) is 1. The summed E-state index contributed by atoms with van der Waals surface area (Å²) in [5, 5.41) is 11.6. The maximum absolute atomic E-state index is 11.5. The molecule has 2 rings (SSSR count). The van der Waals surface area contributed by atoms with E-state index in [1.807, 2.05) is 0 Å². The summed E-state index contributed by atoms with van der Waals surface area (Å²) in [6, 6.07) is 4.08. The first-order valence-corrected chi connectivity index (χ1v) is 5.24. The van der Waals surface area contributed by atoms with Gasteiger partial charge in [0.05, 0.1) is 22.4 Å². The fraction of sp³-hybridized carbons (Fsp3) is 0.0909. The van der Waals surface area contributed by atoms with Crippen LogP contribution in [0.4, 0.5) is 5.69 Å². The monoisotopic (exact) mass is 266 g/mol. The number of nitrogens with zero attached hydrogens (tertiary/aromatic N) is 2. The molecule has 0 fully saturated rings. The predicted molar refractivity (Wildman–Crippen MR) is 64.7 cm³/mol. The van der Waals surface area contributed by atoms with Gasteiger partial charge >= 0.3 is 5.97 Å². The van der Waals surface area contributed by atoms with E-state index in [2.05, 4.69) is 9.72 Å². The molecular weight excluding hydrogens is 260 g/mol. The third-order valence-corrected chi connectivity index (χ3v) is 2.74. The average molecular weight is 267 g/mol. The van der Waals surface area contributed by atoms with E-state index in [0.29, 0.717) is 0 Å². The Morgan fingerprint density at radius 3 is 2.78 bits per heavy atom. The number of nitro groups is 1. The molecule has 0 aliphatic heterocycles. The van der Waals surface area contributed by atoms with E-state index < -0.39 is 10.9 Å². The van der Waals surface area contributed by atoms with Crippen LogP contribution in [-0.2, 0) is 4.74 Å². The Hall–Kier alpha value is -2.21. The second-order valence-electron chi connectivity index (χ2n) is 3.40. The Morgan fingerprint density at radius 1 is 1.44 bits per heavy atom. The quantitative estimate of drug-likeness (QED) is 0.474. The molecule has 0 aliphatic carbocycles. The van der Waals surface area contributed by atoms with E-state index in [0.717, 1.165) is 0 Å². The molecule has 0 saturated carbocycles. The SMILES string of the molecule is COC(=O)c1nccc2c([N+](=O)[O-])ccc(Cl)c12. The summed E-state index contributed by atoms with van der Waals surface area (Å²) in [6.45, 7) is 0. The summed E-state index contributed by atoms with van der Waals surface area (Å²) in [6.07, 6.45) is 1.30. The minimum Gasteiger partial charge on any atom is -0.464 e. The van der Waals surface area contributed by atoms with Crippen LogP contribution in [-0.4, -0.2) is 23.0 Å². The van der Waals surface area contributed by atoms with Crippen LogP contribution in [0, 0.1) is 10.1 Å². The second kappa shape index (κ2) is 4.58. The summed E-state index contributed by atoms with van der Waals surface area (Å²) in [7, 11) is 1.20. The highest BCUT2D eigenvalue weighted by Gasteiger charge is 2.20. The highest BCUT2D eigenvalue weighted by Crippen LogP contribution is 2.32. The topological polar surface area (TPSA) is 82.3 Å². The molecule has 1 heterocycles. The molecular formula is C11H7ClN2O4. The van der Waals surface area contributed by atoms with Crippen molar-refractivity contribution in [3.05, 3.63) is 45.2 Å². The fourth-order valence-corrected chi connectivity index (χ4v) is 1.91. The molecule has 0 radical (unpaired) electrons. The summed E-state index contributed by atoms with van der Waals surface area (Å²) < 4.78 is 4.57. The van der Waals surface area contributed by atoms with Crippen LogP contribution in [0.1, 0.15) is 10.5 Å². The number of rotatable bonds is 2. The molecule has 0 atom stereocenters. The van der Waals surface area contributed by atoms with Crippen molar-refractivity contribution in [2.75, 3.05) is 7.11 Å². The van der Waals surface area contributed by atoms with Crippen molar-refractivity contribution >= 4 is 34.0 Å². The zero-order valence-corrected chi connectivity index (χ0v) is 9.97. The van der Waals surface area contributed by atoms with Gasteiger partial charge in [0.1, 0.15) is 0 Å². The van der Waals surface area contributed by atoms with Crippen molar-refractivity contribution in [3.8, 4) is 0 Å². The molecule has 7 heteroatoms. The summed E-state index contributed by atoms with van der Waals surface area (Å²) in [4.78, 5) is 25.8. The number of hydrogen-bond donors (Lipinski definition) is 0. The highest BCUT2D eigenvalue weighted by molar-refractivity contribution is 6.37. The van der Waals surface area contributed by atoms with Crippen LogP contribution in [0.5, 0.6) is 0 Å². The molecule has 0 spiro atoms. The molecule has 0 aliphatic rings. The fourth-order valence-electron chi connectivity index (χ4n) is 1.65. The standard InChI is InChI=1S/C11H7ClN2O4/c1-18-11(15)10-9-6(4-5-13-10)8(14(16)17)3-2-7(9)12/h2-5H,1H3. The number of hydrogen-bond acceptors (Lipinski definition) is 5. The Labute approximate surface area is 106 Å². The third kappa shape index (κ3) is 1.86.